The second-order valence-corrected chi connectivity index (χ2v) is 10.6. The van der Waals surface area contributed by atoms with E-state index in [2.05, 4.69) is 15.4 Å². The van der Waals surface area contributed by atoms with E-state index in [1.165, 1.54) is 6.20 Å². The summed E-state index contributed by atoms with van der Waals surface area (Å²) in [4.78, 5) is 4.71. The highest BCUT2D eigenvalue weighted by molar-refractivity contribution is 7.90. The van der Waals surface area contributed by atoms with Gasteiger partial charge in [-0.3, -0.25) is 0 Å². The number of anilines is 1. The maximum Gasteiger partial charge on any atom is 0.257 e. The zero-order chi connectivity index (χ0) is 25.3. The largest absolute Gasteiger partial charge is 0.507 e. The van der Waals surface area contributed by atoms with Crippen LogP contribution < -0.4 is 10.8 Å². The van der Waals surface area contributed by atoms with Gasteiger partial charge in [0.1, 0.15) is 19.4 Å². The van der Waals surface area contributed by atoms with Crippen molar-refractivity contribution < 1.29 is 13.5 Å². The van der Waals surface area contributed by atoms with Crippen LogP contribution in [0.2, 0.25) is 0 Å². The minimum Gasteiger partial charge on any atom is -0.507 e. The van der Waals surface area contributed by atoms with Gasteiger partial charge in [0.2, 0.25) is 0 Å². The van der Waals surface area contributed by atoms with Gasteiger partial charge in [0.05, 0.1) is 10.6 Å². The number of aromatic hydroxyl groups is 1. The molecule has 0 spiro atoms. The van der Waals surface area contributed by atoms with Crippen LogP contribution in [0.3, 0.4) is 0 Å². The number of halogens is 1. The average molecular weight is 518 g/mol. The minimum atomic E-state index is -3.89. The van der Waals surface area contributed by atoms with Crippen molar-refractivity contribution in [1.82, 2.24) is 18.4 Å². The van der Waals surface area contributed by atoms with Gasteiger partial charge in [-0.25, -0.2) is 13.4 Å². The lowest BCUT2D eigenvalue weighted by Gasteiger charge is -2.16. The molecule has 0 aliphatic rings. The zero-order valence-corrected chi connectivity index (χ0v) is 20.6. The Morgan fingerprint density at radius 2 is 1.81 bits per heavy atom. The Balaban J connectivity index is 1.32. The van der Waals surface area contributed by atoms with Gasteiger partial charge in [-0.15, -0.1) is 3.82 Å². The van der Waals surface area contributed by atoms with Gasteiger partial charge in [-0.05, 0) is 47.2 Å². The van der Waals surface area contributed by atoms with E-state index in [4.69, 9.17) is 19.6 Å². The molecule has 0 bridgehead atoms. The average Bonchev–Trinajstić information content (AvgIpc) is 3.26. The maximum absolute atomic E-state index is 13.1. The summed E-state index contributed by atoms with van der Waals surface area (Å²) in [6.07, 6.45) is 1.92. The number of nitrogens with one attached hydrogen (secondary N) is 1. The summed E-state index contributed by atoms with van der Waals surface area (Å²) in [5.41, 5.74) is 1.91. The summed E-state index contributed by atoms with van der Waals surface area (Å²) >= 11 is 6.26. The molecule has 0 unspecified atom stereocenters. The van der Waals surface area contributed by atoms with Gasteiger partial charge >= 0.3 is 0 Å². The first-order valence-corrected chi connectivity index (χ1v) is 13.0. The monoisotopic (exact) mass is 517 g/mol. The smallest absolute Gasteiger partial charge is 0.257 e. The number of rotatable bonds is 8. The highest BCUT2D eigenvalue weighted by Crippen LogP contribution is 2.29. The number of nitrogens with zero attached hydrogens (tertiary/aromatic N) is 4. The topological polar surface area (TPSA) is 99.8 Å². The molecule has 2 radical (unpaired) electrons. The molecule has 36 heavy (non-hydrogen) atoms. The molecule has 0 saturated heterocycles. The minimum absolute atomic E-state index is 0.0852. The molecule has 0 fully saturated rings. The highest BCUT2D eigenvalue weighted by Gasteiger charge is 2.24. The van der Waals surface area contributed by atoms with Crippen molar-refractivity contribution in [3.05, 3.63) is 79.0 Å². The SMILES string of the molecule is [B]c1cnn2c(NCCCN(Cl)S(=O)(=O)c3cccc4ccccc34)cc(-c3ccccc3O)nc12. The number of phenols is 1. The Hall–Kier alpha value is -3.60. The fourth-order valence-corrected chi connectivity index (χ4v) is 5.64. The van der Waals surface area contributed by atoms with Crippen LogP contribution in [-0.4, -0.2) is 52.9 Å². The Morgan fingerprint density at radius 1 is 1.06 bits per heavy atom. The molecule has 8 nitrogen and oxygen atoms in total. The van der Waals surface area contributed by atoms with Gasteiger partial charge in [-0.2, -0.15) is 9.61 Å². The first-order chi connectivity index (χ1) is 17.4. The lowest BCUT2D eigenvalue weighted by Crippen LogP contribution is -2.25. The number of hydrogen-bond donors (Lipinski definition) is 2. The normalized spacial score (nSPS) is 11.9. The number of benzene rings is 3. The van der Waals surface area contributed by atoms with E-state index >= 15 is 0 Å². The number of fused-ring (bicyclic) bond motifs is 2. The molecule has 11 heteroatoms. The van der Waals surface area contributed by atoms with Gasteiger partial charge in [-0.1, -0.05) is 48.5 Å². The molecule has 3 aromatic carbocycles. The lowest BCUT2D eigenvalue weighted by molar-refractivity contribution is 0.477. The molecule has 5 rings (SSSR count). The fourth-order valence-electron chi connectivity index (χ4n) is 4.00. The molecule has 2 heterocycles. The molecule has 5 aromatic rings. The van der Waals surface area contributed by atoms with E-state index in [1.807, 2.05) is 18.2 Å². The molecule has 2 N–H and O–H groups in total. The predicted octanol–water partition coefficient (Wildman–Crippen LogP) is 3.70. The summed E-state index contributed by atoms with van der Waals surface area (Å²) in [5.74, 6) is 0.683. The van der Waals surface area contributed by atoms with Crippen LogP contribution in [0.25, 0.3) is 27.7 Å². The van der Waals surface area contributed by atoms with Crippen molar-refractivity contribution in [1.29, 1.82) is 0 Å². The van der Waals surface area contributed by atoms with E-state index in [9.17, 15) is 13.5 Å². The van der Waals surface area contributed by atoms with Crippen LogP contribution in [0.4, 0.5) is 5.82 Å². The van der Waals surface area contributed by atoms with Crippen LogP contribution in [-0.2, 0) is 10.0 Å². The summed E-state index contributed by atoms with van der Waals surface area (Å²) in [7, 11) is 2.15. The third kappa shape index (κ3) is 4.50. The van der Waals surface area contributed by atoms with Crippen molar-refractivity contribution in [3.63, 3.8) is 0 Å². The molecule has 180 valence electrons. The van der Waals surface area contributed by atoms with Crippen molar-refractivity contribution in [3.8, 4) is 17.0 Å². The van der Waals surface area contributed by atoms with Crippen molar-refractivity contribution in [2.75, 3.05) is 18.4 Å². The fraction of sp³-hybridized carbons (Fsp3) is 0.120. The first kappa shape index (κ1) is 24.1. The molecule has 2 aromatic heterocycles. The van der Waals surface area contributed by atoms with Crippen molar-refractivity contribution in [2.24, 2.45) is 0 Å². The number of para-hydroxylation sites is 1. The Bertz CT molecular complexity index is 1670. The second kappa shape index (κ2) is 9.81. The molecule has 0 saturated carbocycles. The predicted molar refractivity (Wildman–Crippen MR) is 142 cm³/mol. The maximum atomic E-state index is 13.1. The quantitative estimate of drug-likeness (QED) is 0.185. The van der Waals surface area contributed by atoms with Gasteiger partial charge in [0.25, 0.3) is 10.0 Å². The van der Waals surface area contributed by atoms with E-state index in [0.29, 0.717) is 46.5 Å². The number of phenolic OH excluding ortho intramolecular Hbond substituents is 1. The van der Waals surface area contributed by atoms with Crippen LogP contribution in [0.5, 0.6) is 5.75 Å². The van der Waals surface area contributed by atoms with Crippen LogP contribution in [0.1, 0.15) is 6.42 Å². The number of aromatic nitrogens is 3. The molecular formula is C25H21BClN5O3S. The Labute approximate surface area is 214 Å². The van der Waals surface area contributed by atoms with Crippen LogP contribution in [0.15, 0.2) is 83.9 Å². The van der Waals surface area contributed by atoms with E-state index in [1.54, 1.807) is 59.1 Å². The van der Waals surface area contributed by atoms with Crippen LogP contribution in [0, 0.1) is 0 Å². The first-order valence-electron chi connectivity index (χ1n) is 11.2. The van der Waals surface area contributed by atoms with Crippen molar-refractivity contribution in [2.45, 2.75) is 11.3 Å². The molecule has 0 aliphatic carbocycles. The van der Waals surface area contributed by atoms with E-state index in [0.717, 1.165) is 9.21 Å². The molecule has 0 atom stereocenters. The number of sulfonamides is 1. The standard InChI is InChI=1S/C25H21BClN5O3S/c26-20-16-29-32-24(15-21(30-25(20)32)19-10-3-4-11-22(19)33)28-13-6-14-31(27)36(34,35)23-12-5-8-17-7-1-2-9-18(17)23/h1-5,7-12,15-16,28,33H,6,13-14H2. The second-order valence-electron chi connectivity index (χ2n) is 8.15. The Morgan fingerprint density at radius 3 is 2.64 bits per heavy atom. The van der Waals surface area contributed by atoms with Gasteiger partial charge < -0.3 is 10.4 Å². The Kier molecular flexibility index (Phi) is 6.57. The van der Waals surface area contributed by atoms with E-state index < -0.39 is 10.0 Å². The van der Waals surface area contributed by atoms with Crippen molar-refractivity contribution >= 4 is 57.3 Å². The van der Waals surface area contributed by atoms with Gasteiger partial charge in [0.15, 0.2) is 5.65 Å². The molecular weight excluding hydrogens is 497 g/mol. The van der Waals surface area contributed by atoms with Gasteiger partial charge in [0, 0.05) is 36.3 Å². The van der Waals surface area contributed by atoms with E-state index in [-0.39, 0.29) is 17.2 Å². The highest BCUT2D eigenvalue weighted by atomic mass is 35.5. The third-order valence-electron chi connectivity index (χ3n) is 5.78. The number of hydrogen-bond acceptors (Lipinski definition) is 6. The summed E-state index contributed by atoms with van der Waals surface area (Å²) in [6.45, 7) is 0.481. The lowest BCUT2D eigenvalue weighted by atomic mass is 10.0. The molecule has 0 aliphatic heterocycles. The molecule has 0 amide bonds. The summed E-state index contributed by atoms with van der Waals surface area (Å²) < 4.78 is 28.7. The third-order valence-corrected chi connectivity index (χ3v) is 8.11. The summed E-state index contributed by atoms with van der Waals surface area (Å²) in [6, 6.07) is 21.0. The summed E-state index contributed by atoms with van der Waals surface area (Å²) in [5, 5.41) is 19.2. The van der Waals surface area contributed by atoms with Crippen LogP contribution >= 0.6 is 11.8 Å². The zero-order valence-electron chi connectivity index (χ0n) is 19.0.